The van der Waals surface area contributed by atoms with Crippen LogP contribution in [0.1, 0.15) is 56.8 Å². The third-order valence-electron chi connectivity index (χ3n) is 4.52. The van der Waals surface area contributed by atoms with Gasteiger partial charge in [0.25, 0.3) is 0 Å². The number of guanidine groups is 1. The van der Waals surface area contributed by atoms with Gasteiger partial charge < -0.3 is 15.2 Å². The van der Waals surface area contributed by atoms with E-state index >= 15 is 0 Å². The molecule has 0 saturated carbocycles. The Morgan fingerprint density at radius 2 is 2.04 bits per heavy atom. The molecule has 0 aliphatic carbocycles. The molecule has 0 amide bonds. The first-order valence-corrected chi connectivity index (χ1v) is 9.51. The maximum Gasteiger partial charge on any atom is 0.192 e. The number of aliphatic imine (C=N–C) groups is 1. The zero-order valence-corrected chi connectivity index (χ0v) is 16.1. The molecule has 144 valence electrons. The van der Waals surface area contributed by atoms with Crippen molar-refractivity contribution in [3.63, 3.8) is 0 Å². The Bertz CT molecular complexity index is 879. The van der Waals surface area contributed by atoms with Gasteiger partial charge >= 0.3 is 0 Å². The molecule has 0 aliphatic heterocycles. The van der Waals surface area contributed by atoms with Gasteiger partial charge in [0.1, 0.15) is 6.54 Å². The van der Waals surface area contributed by atoms with Gasteiger partial charge in [-0.05, 0) is 31.9 Å². The van der Waals surface area contributed by atoms with Crippen molar-refractivity contribution >= 4 is 11.6 Å². The van der Waals surface area contributed by atoms with Gasteiger partial charge in [-0.2, -0.15) is 0 Å². The lowest BCUT2D eigenvalue weighted by Crippen LogP contribution is -2.36. The van der Waals surface area contributed by atoms with Crippen LogP contribution in [0, 0.1) is 0 Å². The van der Waals surface area contributed by atoms with Crippen molar-refractivity contribution in [3.05, 3.63) is 47.7 Å². The fourth-order valence-corrected chi connectivity index (χ4v) is 2.97. The molecule has 0 radical (unpaired) electrons. The summed E-state index contributed by atoms with van der Waals surface area (Å²) in [6.07, 6.45) is 4.06. The molecule has 0 bridgehead atoms. The summed E-state index contributed by atoms with van der Waals surface area (Å²) in [4.78, 5) is 4.60. The normalized spacial score (nSPS) is 12.1. The van der Waals surface area contributed by atoms with Crippen molar-refractivity contribution in [2.24, 2.45) is 4.99 Å². The Morgan fingerprint density at radius 3 is 2.81 bits per heavy atom. The summed E-state index contributed by atoms with van der Waals surface area (Å²) in [6, 6.07) is 7.84. The number of nitrogens with zero attached hydrogens (tertiary/aromatic N) is 5. The predicted molar refractivity (Wildman–Crippen MR) is 104 cm³/mol. The number of aromatic nitrogens is 4. The molecule has 3 aromatic rings. The summed E-state index contributed by atoms with van der Waals surface area (Å²) in [5.74, 6) is 2.74. The highest BCUT2D eigenvalue weighted by molar-refractivity contribution is 5.79. The van der Waals surface area contributed by atoms with Crippen LogP contribution in [0.2, 0.25) is 0 Å². The van der Waals surface area contributed by atoms with Crippen molar-refractivity contribution in [2.75, 3.05) is 6.54 Å². The highest BCUT2D eigenvalue weighted by Gasteiger charge is 2.13. The minimum absolute atomic E-state index is 0.426. The van der Waals surface area contributed by atoms with Crippen LogP contribution in [0.3, 0.4) is 0 Å². The third kappa shape index (κ3) is 4.64. The molecular weight excluding hydrogens is 342 g/mol. The van der Waals surface area contributed by atoms with Crippen LogP contribution < -0.4 is 10.6 Å². The first-order chi connectivity index (χ1) is 13.2. The molecule has 0 fully saturated rings. The van der Waals surface area contributed by atoms with Crippen LogP contribution in [0.25, 0.3) is 5.65 Å². The average molecular weight is 369 g/mol. The van der Waals surface area contributed by atoms with Gasteiger partial charge in [-0.1, -0.05) is 25.1 Å². The van der Waals surface area contributed by atoms with Crippen LogP contribution in [-0.4, -0.2) is 32.3 Å². The number of nitrogens with one attached hydrogen (secondary N) is 2. The van der Waals surface area contributed by atoms with Gasteiger partial charge in [0.2, 0.25) is 0 Å². The summed E-state index contributed by atoms with van der Waals surface area (Å²) >= 11 is 0. The molecule has 8 nitrogen and oxygen atoms in total. The summed E-state index contributed by atoms with van der Waals surface area (Å²) in [7, 11) is 0. The van der Waals surface area contributed by atoms with E-state index in [0.29, 0.717) is 25.0 Å². The van der Waals surface area contributed by atoms with E-state index in [9.17, 15) is 0 Å². The molecule has 0 aromatic carbocycles. The van der Waals surface area contributed by atoms with E-state index in [4.69, 9.17) is 4.52 Å². The monoisotopic (exact) mass is 369 g/mol. The van der Waals surface area contributed by atoms with Gasteiger partial charge in [-0.15, -0.1) is 10.2 Å². The highest BCUT2D eigenvalue weighted by Crippen LogP contribution is 2.22. The first-order valence-electron chi connectivity index (χ1n) is 9.51. The number of fused-ring (bicyclic) bond motifs is 1. The van der Waals surface area contributed by atoms with Crippen LogP contribution in [0.5, 0.6) is 0 Å². The van der Waals surface area contributed by atoms with Gasteiger partial charge in [-0.25, -0.2) is 4.99 Å². The van der Waals surface area contributed by atoms with E-state index in [0.717, 1.165) is 42.3 Å². The van der Waals surface area contributed by atoms with E-state index in [-0.39, 0.29) is 0 Å². The van der Waals surface area contributed by atoms with Crippen molar-refractivity contribution in [1.29, 1.82) is 0 Å². The molecule has 0 atom stereocenters. The zero-order chi connectivity index (χ0) is 19.1. The second-order valence-corrected chi connectivity index (χ2v) is 6.33. The molecule has 0 unspecified atom stereocenters. The topological polar surface area (TPSA) is 92.6 Å². The van der Waals surface area contributed by atoms with Crippen LogP contribution in [0.15, 0.2) is 40.0 Å². The maximum atomic E-state index is 5.46. The molecule has 27 heavy (non-hydrogen) atoms. The smallest absolute Gasteiger partial charge is 0.192 e. The highest BCUT2D eigenvalue weighted by atomic mass is 16.5. The van der Waals surface area contributed by atoms with E-state index in [2.05, 4.69) is 44.8 Å². The maximum absolute atomic E-state index is 5.46. The Kier molecular flexibility index (Phi) is 6.40. The number of rotatable bonds is 8. The molecule has 3 aromatic heterocycles. The van der Waals surface area contributed by atoms with Crippen LogP contribution in [0.4, 0.5) is 0 Å². The van der Waals surface area contributed by atoms with Crippen molar-refractivity contribution < 1.29 is 4.52 Å². The third-order valence-corrected chi connectivity index (χ3v) is 4.52. The van der Waals surface area contributed by atoms with Gasteiger partial charge in [0.05, 0.1) is 12.2 Å². The molecule has 3 heterocycles. The Morgan fingerprint density at radius 1 is 1.19 bits per heavy atom. The second kappa shape index (κ2) is 9.16. The van der Waals surface area contributed by atoms with Crippen molar-refractivity contribution in [3.8, 4) is 0 Å². The lowest BCUT2D eigenvalue weighted by atomic mass is 9.99. The minimum Gasteiger partial charge on any atom is -0.359 e. The molecular formula is C19H27N7O. The number of hydrogen-bond donors (Lipinski definition) is 2. The Hall–Kier alpha value is -2.90. The largest absolute Gasteiger partial charge is 0.359 e. The molecule has 0 aliphatic rings. The van der Waals surface area contributed by atoms with E-state index in [1.54, 1.807) is 0 Å². The molecule has 0 spiro atoms. The van der Waals surface area contributed by atoms with Crippen molar-refractivity contribution in [1.82, 2.24) is 30.4 Å². The quantitative estimate of drug-likeness (QED) is 0.468. The van der Waals surface area contributed by atoms with E-state index in [1.165, 1.54) is 0 Å². The molecule has 8 heteroatoms. The SMILES string of the molecule is CCNC(=NCc1nnc2ccccn12)NCc1cc(C(CC)CC)no1. The Balaban J connectivity index is 1.64. The summed E-state index contributed by atoms with van der Waals surface area (Å²) < 4.78 is 7.40. The standard InChI is InChI=1S/C19H27N7O/c1-4-14(5-2)16-11-15(27-25-16)12-21-19(20-6-3)22-13-18-24-23-17-9-7-8-10-26(17)18/h7-11,14H,4-6,12-13H2,1-3H3,(H2,20,21,22). The number of hydrogen-bond acceptors (Lipinski definition) is 5. The summed E-state index contributed by atoms with van der Waals surface area (Å²) in [5.41, 5.74) is 1.84. The van der Waals surface area contributed by atoms with Crippen LogP contribution >= 0.6 is 0 Å². The average Bonchev–Trinajstić information content (AvgIpc) is 3.32. The van der Waals surface area contributed by atoms with Gasteiger partial charge in [-0.3, -0.25) is 4.40 Å². The molecule has 2 N–H and O–H groups in total. The predicted octanol–water partition coefficient (Wildman–Crippen LogP) is 2.88. The summed E-state index contributed by atoms with van der Waals surface area (Å²) in [5, 5.41) is 19.1. The van der Waals surface area contributed by atoms with Crippen molar-refractivity contribution in [2.45, 2.75) is 52.6 Å². The lowest BCUT2D eigenvalue weighted by molar-refractivity contribution is 0.368. The van der Waals surface area contributed by atoms with Crippen LogP contribution in [-0.2, 0) is 13.1 Å². The van der Waals surface area contributed by atoms with E-state index < -0.39 is 0 Å². The summed E-state index contributed by atoms with van der Waals surface area (Å²) in [6.45, 7) is 8.09. The lowest BCUT2D eigenvalue weighted by Gasteiger charge is -2.09. The zero-order valence-electron chi connectivity index (χ0n) is 16.1. The fraction of sp³-hybridized carbons (Fsp3) is 0.474. The Labute approximate surface area is 159 Å². The fourth-order valence-electron chi connectivity index (χ4n) is 2.97. The van der Waals surface area contributed by atoms with E-state index in [1.807, 2.05) is 41.8 Å². The van der Waals surface area contributed by atoms with Gasteiger partial charge in [0.15, 0.2) is 23.2 Å². The second-order valence-electron chi connectivity index (χ2n) is 6.33. The number of pyridine rings is 1. The first kappa shape index (κ1) is 18.9. The minimum atomic E-state index is 0.426. The molecule has 0 saturated heterocycles. The molecule has 3 rings (SSSR count). The van der Waals surface area contributed by atoms with Gasteiger partial charge in [0, 0.05) is 24.7 Å².